The third-order valence-electron chi connectivity index (χ3n) is 12.3. The van der Waals surface area contributed by atoms with E-state index in [1.165, 1.54) is 17.1 Å². The summed E-state index contributed by atoms with van der Waals surface area (Å²) in [6.07, 6.45) is 11.5. The lowest BCUT2D eigenvalue weighted by molar-refractivity contribution is -0.301. The average molecular weight is 987 g/mol. The van der Waals surface area contributed by atoms with Crippen LogP contribution in [-0.2, 0) is 41.6 Å². The molecule has 1 aromatic heterocycles. The first-order valence-electron chi connectivity index (χ1n) is 24.4. The largest absolute Gasteiger partial charge is 0.480 e. The molecule has 3 unspecified atom stereocenters. The third-order valence-corrected chi connectivity index (χ3v) is 14.9. The van der Waals surface area contributed by atoms with E-state index in [2.05, 4.69) is 29.9 Å². The van der Waals surface area contributed by atoms with Gasteiger partial charge in [0.2, 0.25) is 0 Å². The molecule has 2 saturated heterocycles. The second-order valence-corrected chi connectivity index (χ2v) is 20.4. The van der Waals surface area contributed by atoms with Gasteiger partial charge in [-0.1, -0.05) is 65.3 Å². The monoisotopic (exact) mass is 987 g/mol. The maximum absolute atomic E-state index is 11.8. The summed E-state index contributed by atoms with van der Waals surface area (Å²) in [5.41, 5.74) is 0.923. The minimum atomic E-state index is -1.44. The van der Waals surface area contributed by atoms with Gasteiger partial charge < -0.3 is 49.9 Å². The first-order chi connectivity index (χ1) is 32.4. The Kier molecular flexibility index (Phi) is 28.0. The number of aliphatic hydroxyl groups excluding tert-OH is 4. The fraction of sp³-hybridized carbons (Fsp3) is 0.822. The number of hydrogen-bond donors (Lipinski definition) is 6. The van der Waals surface area contributed by atoms with Crippen molar-refractivity contribution in [3.8, 4) is 0 Å². The molecule has 0 aliphatic carbocycles. The number of imide groups is 1. The standard InChI is InChI=1S/C45H78N8O12S2/c54-35-37-42(61)43(62)44(63)45(65-37)64-29-8-6-4-2-1-3-5-7-17-48-18-10-20-51(34-41(59)60)28-26-49(19-11-21-50(27-25-48)33-40(57)58)22-13-31-67-66-30-9-14-36-32-52(47-46-36)23-12-24-53-38(55)15-16-39(53)56/h15-16,32,37,42-45,54,61-63H,1-14,17-31,33-35H2,(H,57,58)(H,59,60)/t37?,42-,43?,44?,45-/m1/s1. The van der Waals surface area contributed by atoms with Gasteiger partial charge in [0.15, 0.2) is 6.29 Å². The van der Waals surface area contributed by atoms with Gasteiger partial charge in [-0.05, 0) is 77.5 Å². The highest BCUT2D eigenvalue weighted by Gasteiger charge is 2.44. The van der Waals surface area contributed by atoms with Gasteiger partial charge in [0, 0.05) is 88.8 Å². The summed E-state index contributed by atoms with van der Waals surface area (Å²) < 4.78 is 12.7. The zero-order valence-electron chi connectivity index (χ0n) is 39.3. The molecule has 1 aromatic rings. The van der Waals surface area contributed by atoms with Crippen molar-refractivity contribution in [2.45, 2.75) is 127 Å². The van der Waals surface area contributed by atoms with Crippen molar-refractivity contribution >= 4 is 45.3 Å². The number of unbranched alkanes of at least 4 members (excludes halogenated alkanes) is 7. The number of carbonyl (C=O) groups excluding carboxylic acids is 2. The number of rotatable bonds is 30. The van der Waals surface area contributed by atoms with Crippen LogP contribution < -0.4 is 0 Å². The van der Waals surface area contributed by atoms with E-state index < -0.39 is 49.3 Å². The molecule has 2 fully saturated rings. The van der Waals surface area contributed by atoms with Crippen molar-refractivity contribution in [3.63, 3.8) is 0 Å². The zero-order chi connectivity index (χ0) is 48.2. The van der Waals surface area contributed by atoms with Crippen molar-refractivity contribution in [2.24, 2.45) is 0 Å². The van der Waals surface area contributed by atoms with Crippen molar-refractivity contribution < 1.29 is 59.3 Å². The molecule has 3 aliphatic heterocycles. The van der Waals surface area contributed by atoms with E-state index in [0.717, 1.165) is 140 Å². The van der Waals surface area contributed by atoms with E-state index in [-0.39, 0.29) is 24.9 Å². The lowest BCUT2D eigenvalue weighted by Crippen LogP contribution is -2.59. The molecule has 0 saturated carbocycles. The molecular weight excluding hydrogens is 909 g/mol. The van der Waals surface area contributed by atoms with E-state index >= 15 is 0 Å². The van der Waals surface area contributed by atoms with Crippen LogP contribution in [0.4, 0.5) is 0 Å². The van der Waals surface area contributed by atoms with E-state index in [1.54, 1.807) is 4.68 Å². The lowest BCUT2D eigenvalue weighted by atomic mass is 9.99. The highest BCUT2D eigenvalue weighted by Crippen LogP contribution is 2.24. The SMILES string of the molecule is O=C(O)CN1CCCN(CCCSSCCCc2cn(CCCN3C(=O)C=CC3=O)nn2)CCN(CC(=O)O)CCCN(CCCCCCCCCCO[C@@H]2OC(CO)[C@@H](O)C(O)C2O)CC1. The molecule has 20 nitrogen and oxygen atoms in total. The number of aryl methyl sites for hydroxylation is 2. The molecule has 4 rings (SSSR count). The maximum atomic E-state index is 11.8. The van der Waals surface area contributed by atoms with Crippen LogP contribution in [0.25, 0.3) is 0 Å². The quantitative estimate of drug-likeness (QED) is 0.0362. The molecule has 6 N–H and O–H groups in total. The maximum Gasteiger partial charge on any atom is 0.317 e. The first-order valence-corrected chi connectivity index (χ1v) is 26.8. The predicted molar refractivity (Wildman–Crippen MR) is 255 cm³/mol. The van der Waals surface area contributed by atoms with Crippen molar-refractivity contribution in [3.05, 3.63) is 24.0 Å². The molecule has 2 amide bonds. The minimum absolute atomic E-state index is 0.00922. The van der Waals surface area contributed by atoms with Gasteiger partial charge in [-0.2, -0.15) is 0 Å². The zero-order valence-corrected chi connectivity index (χ0v) is 40.9. The Morgan fingerprint density at radius 1 is 0.642 bits per heavy atom. The molecule has 5 atom stereocenters. The Morgan fingerprint density at radius 2 is 1.18 bits per heavy atom. The predicted octanol–water partition coefficient (Wildman–Crippen LogP) is 1.41. The molecule has 22 heteroatoms. The van der Waals surface area contributed by atoms with Crippen LogP contribution in [0.5, 0.6) is 0 Å². The Bertz CT molecular complexity index is 1600. The van der Waals surface area contributed by atoms with Crippen LogP contribution in [0.2, 0.25) is 0 Å². The number of amides is 2. The Morgan fingerprint density at radius 3 is 1.78 bits per heavy atom. The van der Waals surface area contributed by atoms with Crippen LogP contribution in [0.3, 0.4) is 0 Å². The Hall–Kier alpha value is -2.74. The number of carbonyl (C=O) groups is 4. The number of aromatic nitrogens is 3. The molecule has 382 valence electrons. The topological polar surface area (TPSA) is 255 Å². The summed E-state index contributed by atoms with van der Waals surface area (Å²) >= 11 is 0. The van der Waals surface area contributed by atoms with Crippen molar-refractivity contribution in [1.82, 2.24) is 39.5 Å². The number of carboxylic acid groups (broad SMARTS) is 2. The smallest absolute Gasteiger partial charge is 0.317 e. The number of aliphatic carboxylic acids is 2. The normalized spacial score (nSPS) is 23.6. The van der Waals surface area contributed by atoms with Crippen LogP contribution in [0, 0.1) is 0 Å². The summed E-state index contributed by atoms with van der Waals surface area (Å²) in [6, 6.07) is 0. The summed E-state index contributed by atoms with van der Waals surface area (Å²) in [6.45, 7) is 8.50. The van der Waals surface area contributed by atoms with Crippen LogP contribution in [0.15, 0.2) is 18.3 Å². The molecule has 0 bridgehead atoms. The van der Waals surface area contributed by atoms with Gasteiger partial charge >= 0.3 is 11.9 Å². The second kappa shape index (κ2) is 33.0. The minimum Gasteiger partial charge on any atom is -0.480 e. The van der Waals surface area contributed by atoms with Crippen LogP contribution >= 0.6 is 21.6 Å². The number of aliphatic hydroxyl groups is 4. The molecular formula is C45H78N8O12S2. The average Bonchev–Trinajstić information content (AvgIpc) is 3.89. The van der Waals surface area contributed by atoms with Gasteiger partial charge in [-0.25, -0.2) is 0 Å². The van der Waals surface area contributed by atoms with Crippen LogP contribution in [0.1, 0.15) is 89.2 Å². The Balaban J connectivity index is 1.09. The fourth-order valence-corrected chi connectivity index (χ4v) is 10.6. The van der Waals surface area contributed by atoms with E-state index in [1.807, 2.05) is 27.8 Å². The highest BCUT2D eigenvalue weighted by molar-refractivity contribution is 8.76. The molecule has 3 aliphatic rings. The molecule has 0 radical (unpaired) electrons. The van der Waals surface area contributed by atoms with Crippen LogP contribution in [-0.4, -0.2) is 234 Å². The van der Waals surface area contributed by atoms with Crippen molar-refractivity contribution in [1.29, 1.82) is 0 Å². The van der Waals surface area contributed by atoms with Crippen molar-refractivity contribution in [2.75, 3.05) is 110 Å². The van der Waals surface area contributed by atoms with Gasteiger partial charge in [0.05, 0.1) is 25.4 Å². The summed E-state index contributed by atoms with van der Waals surface area (Å²) in [4.78, 5) is 57.3. The number of hydrogen-bond acceptors (Lipinski definition) is 18. The summed E-state index contributed by atoms with van der Waals surface area (Å²) in [5.74, 6) is -0.215. The van der Waals surface area contributed by atoms with E-state index in [0.29, 0.717) is 52.3 Å². The molecule has 0 aromatic carbocycles. The van der Waals surface area contributed by atoms with E-state index in [4.69, 9.17) is 9.47 Å². The Labute approximate surface area is 403 Å². The first kappa shape index (κ1) is 56.8. The van der Waals surface area contributed by atoms with Gasteiger partial charge in [0.25, 0.3) is 11.8 Å². The molecule has 0 spiro atoms. The van der Waals surface area contributed by atoms with Gasteiger partial charge in [-0.15, -0.1) is 5.10 Å². The molecule has 67 heavy (non-hydrogen) atoms. The van der Waals surface area contributed by atoms with E-state index in [9.17, 15) is 49.8 Å². The highest BCUT2D eigenvalue weighted by atomic mass is 33.1. The third kappa shape index (κ3) is 22.7. The second-order valence-electron chi connectivity index (χ2n) is 17.7. The van der Waals surface area contributed by atoms with Gasteiger partial charge in [0.1, 0.15) is 24.4 Å². The summed E-state index contributed by atoms with van der Waals surface area (Å²) in [5, 5.41) is 67.2. The number of nitrogens with zero attached hydrogens (tertiary/aromatic N) is 8. The number of ether oxygens (including phenoxy) is 2. The number of carboxylic acids is 2. The molecule has 4 heterocycles. The lowest BCUT2D eigenvalue weighted by Gasteiger charge is -2.39. The van der Waals surface area contributed by atoms with Gasteiger partial charge in [-0.3, -0.25) is 38.6 Å². The summed E-state index contributed by atoms with van der Waals surface area (Å²) in [7, 11) is 3.70. The fourth-order valence-electron chi connectivity index (χ4n) is 8.48.